The highest BCUT2D eigenvalue weighted by atomic mass is 79.9. The highest BCUT2D eigenvalue weighted by molar-refractivity contribution is 9.10. The lowest BCUT2D eigenvalue weighted by molar-refractivity contribution is -0.115. The molecule has 0 aromatic heterocycles. The molecule has 0 aliphatic heterocycles. The average Bonchev–Trinajstić information content (AvgIpc) is 2.42. The van der Waals surface area contributed by atoms with E-state index in [4.69, 9.17) is 0 Å². The SMILES string of the molecule is Cc1cc(C)cc(NCCC(=O)Nc2ccc(Br)c(C)c2)c1. The van der Waals surface area contributed by atoms with Gasteiger partial charge in [-0.25, -0.2) is 0 Å². The monoisotopic (exact) mass is 360 g/mol. The van der Waals surface area contributed by atoms with E-state index >= 15 is 0 Å². The van der Waals surface area contributed by atoms with E-state index in [1.165, 1.54) is 11.1 Å². The zero-order chi connectivity index (χ0) is 16.1. The summed E-state index contributed by atoms with van der Waals surface area (Å²) in [4.78, 5) is 12.0. The molecule has 0 heterocycles. The Bertz CT molecular complexity index is 663. The maximum absolute atomic E-state index is 12.0. The summed E-state index contributed by atoms with van der Waals surface area (Å²) in [6, 6.07) is 12.1. The number of amides is 1. The normalized spacial score (nSPS) is 10.4. The summed E-state index contributed by atoms with van der Waals surface area (Å²) in [7, 11) is 0. The lowest BCUT2D eigenvalue weighted by Crippen LogP contribution is -2.16. The maximum Gasteiger partial charge on any atom is 0.226 e. The molecule has 0 bridgehead atoms. The fourth-order valence-electron chi connectivity index (χ4n) is 2.34. The maximum atomic E-state index is 12.0. The molecule has 116 valence electrons. The summed E-state index contributed by atoms with van der Waals surface area (Å²) in [6.07, 6.45) is 0.433. The lowest BCUT2D eigenvalue weighted by Gasteiger charge is -2.10. The number of hydrogen-bond acceptors (Lipinski definition) is 2. The minimum Gasteiger partial charge on any atom is -0.385 e. The molecule has 2 aromatic rings. The van der Waals surface area contributed by atoms with E-state index in [9.17, 15) is 4.79 Å². The first-order valence-electron chi connectivity index (χ1n) is 7.32. The fraction of sp³-hybridized carbons (Fsp3) is 0.278. The van der Waals surface area contributed by atoms with Crippen molar-refractivity contribution >= 4 is 33.2 Å². The number of carbonyl (C=O) groups is 1. The second-order valence-electron chi connectivity index (χ2n) is 5.57. The topological polar surface area (TPSA) is 41.1 Å². The van der Waals surface area contributed by atoms with Crippen molar-refractivity contribution in [3.63, 3.8) is 0 Å². The third-order valence-electron chi connectivity index (χ3n) is 3.34. The third-order valence-corrected chi connectivity index (χ3v) is 4.23. The second-order valence-corrected chi connectivity index (χ2v) is 6.42. The number of rotatable bonds is 5. The average molecular weight is 361 g/mol. The Balaban J connectivity index is 1.83. The predicted octanol–water partition coefficient (Wildman–Crippen LogP) is 4.82. The summed E-state index contributed by atoms with van der Waals surface area (Å²) in [6.45, 7) is 6.76. The van der Waals surface area contributed by atoms with Gasteiger partial charge >= 0.3 is 0 Å². The van der Waals surface area contributed by atoms with E-state index in [0.29, 0.717) is 13.0 Å². The predicted molar refractivity (Wildman–Crippen MR) is 96.5 cm³/mol. The van der Waals surface area contributed by atoms with Crippen molar-refractivity contribution in [1.82, 2.24) is 0 Å². The zero-order valence-electron chi connectivity index (χ0n) is 13.2. The van der Waals surface area contributed by atoms with Gasteiger partial charge in [0.05, 0.1) is 0 Å². The van der Waals surface area contributed by atoms with Crippen LogP contribution in [0.15, 0.2) is 40.9 Å². The van der Waals surface area contributed by atoms with Crippen molar-refractivity contribution in [3.8, 4) is 0 Å². The van der Waals surface area contributed by atoms with Crippen LogP contribution in [0, 0.1) is 20.8 Å². The van der Waals surface area contributed by atoms with Gasteiger partial charge in [0.15, 0.2) is 0 Å². The Morgan fingerprint density at radius 3 is 2.32 bits per heavy atom. The van der Waals surface area contributed by atoms with E-state index < -0.39 is 0 Å². The number of carbonyl (C=O) groups excluding carboxylic acids is 1. The molecule has 2 rings (SSSR count). The lowest BCUT2D eigenvalue weighted by atomic mass is 10.1. The van der Waals surface area contributed by atoms with Crippen molar-refractivity contribution in [2.24, 2.45) is 0 Å². The van der Waals surface area contributed by atoms with Gasteiger partial charge in [-0.3, -0.25) is 4.79 Å². The minimum absolute atomic E-state index is 0.0126. The van der Waals surface area contributed by atoms with Crippen LogP contribution in [-0.4, -0.2) is 12.5 Å². The van der Waals surface area contributed by atoms with Gasteiger partial charge in [0.2, 0.25) is 5.91 Å². The molecule has 0 atom stereocenters. The number of anilines is 2. The summed E-state index contributed by atoms with van der Waals surface area (Å²) in [5.74, 6) is 0.0126. The van der Waals surface area contributed by atoms with Gasteiger partial charge in [-0.2, -0.15) is 0 Å². The van der Waals surface area contributed by atoms with Gasteiger partial charge in [0, 0.05) is 28.8 Å². The van der Waals surface area contributed by atoms with Crippen LogP contribution in [0.2, 0.25) is 0 Å². The molecule has 0 saturated carbocycles. The first-order valence-corrected chi connectivity index (χ1v) is 8.11. The van der Waals surface area contributed by atoms with Crippen LogP contribution < -0.4 is 10.6 Å². The molecular weight excluding hydrogens is 340 g/mol. The highest BCUT2D eigenvalue weighted by Gasteiger charge is 2.04. The smallest absolute Gasteiger partial charge is 0.226 e. The van der Waals surface area contributed by atoms with E-state index in [1.54, 1.807) is 0 Å². The largest absolute Gasteiger partial charge is 0.385 e. The van der Waals surface area contributed by atoms with Gasteiger partial charge < -0.3 is 10.6 Å². The van der Waals surface area contributed by atoms with Crippen molar-refractivity contribution in [2.45, 2.75) is 27.2 Å². The fourth-order valence-corrected chi connectivity index (χ4v) is 2.59. The number of nitrogens with one attached hydrogen (secondary N) is 2. The second kappa shape index (κ2) is 7.45. The number of benzene rings is 2. The molecule has 2 N–H and O–H groups in total. The summed E-state index contributed by atoms with van der Waals surface area (Å²) in [5, 5.41) is 6.21. The van der Waals surface area contributed by atoms with Crippen LogP contribution in [-0.2, 0) is 4.79 Å². The molecule has 0 saturated heterocycles. The van der Waals surface area contributed by atoms with Crippen LogP contribution in [0.25, 0.3) is 0 Å². The van der Waals surface area contributed by atoms with Gasteiger partial charge in [-0.15, -0.1) is 0 Å². The Labute approximate surface area is 140 Å². The van der Waals surface area contributed by atoms with Gasteiger partial charge in [0.1, 0.15) is 0 Å². The summed E-state index contributed by atoms with van der Waals surface area (Å²) < 4.78 is 1.04. The number of hydrogen-bond donors (Lipinski definition) is 2. The molecule has 1 amide bonds. The molecule has 0 radical (unpaired) electrons. The zero-order valence-corrected chi connectivity index (χ0v) is 14.8. The van der Waals surface area contributed by atoms with Crippen LogP contribution in [0.4, 0.5) is 11.4 Å². The van der Waals surface area contributed by atoms with Gasteiger partial charge in [-0.1, -0.05) is 22.0 Å². The first-order chi connectivity index (χ1) is 10.4. The van der Waals surface area contributed by atoms with E-state index in [1.807, 2.05) is 25.1 Å². The third kappa shape index (κ3) is 4.88. The number of aryl methyl sites for hydroxylation is 3. The van der Waals surface area contributed by atoms with Crippen molar-refractivity contribution in [3.05, 3.63) is 57.6 Å². The molecule has 0 aliphatic rings. The van der Waals surface area contributed by atoms with Crippen LogP contribution in [0.1, 0.15) is 23.1 Å². The molecule has 0 fully saturated rings. The molecular formula is C18H21BrN2O. The number of halogens is 1. The molecule has 0 unspecified atom stereocenters. The summed E-state index contributed by atoms with van der Waals surface area (Å²) >= 11 is 3.45. The van der Waals surface area contributed by atoms with E-state index in [2.05, 4.69) is 58.6 Å². The van der Waals surface area contributed by atoms with Gasteiger partial charge in [0.25, 0.3) is 0 Å². The molecule has 22 heavy (non-hydrogen) atoms. The van der Waals surface area contributed by atoms with Crippen LogP contribution in [0.5, 0.6) is 0 Å². The molecule has 0 spiro atoms. The molecule has 0 aliphatic carbocycles. The van der Waals surface area contributed by atoms with Crippen molar-refractivity contribution in [2.75, 3.05) is 17.2 Å². The minimum atomic E-state index is 0.0126. The first kappa shape index (κ1) is 16.6. The highest BCUT2D eigenvalue weighted by Crippen LogP contribution is 2.20. The molecule has 4 heteroatoms. The quantitative estimate of drug-likeness (QED) is 0.802. The Hall–Kier alpha value is -1.81. The standard InChI is InChI=1S/C18H21BrN2O/c1-12-8-13(2)10-16(9-12)20-7-6-18(22)21-15-4-5-17(19)14(3)11-15/h4-5,8-11,20H,6-7H2,1-3H3,(H,21,22). The summed E-state index contributed by atoms with van der Waals surface area (Å²) in [5.41, 5.74) is 5.43. The van der Waals surface area contributed by atoms with Crippen molar-refractivity contribution in [1.29, 1.82) is 0 Å². The van der Waals surface area contributed by atoms with Crippen LogP contribution >= 0.6 is 15.9 Å². The van der Waals surface area contributed by atoms with E-state index in [0.717, 1.165) is 21.4 Å². The van der Waals surface area contributed by atoms with Gasteiger partial charge in [-0.05, 0) is 67.8 Å². The van der Waals surface area contributed by atoms with Crippen molar-refractivity contribution < 1.29 is 4.79 Å². The Morgan fingerprint density at radius 2 is 1.68 bits per heavy atom. The van der Waals surface area contributed by atoms with E-state index in [-0.39, 0.29) is 5.91 Å². The Morgan fingerprint density at radius 1 is 1.00 bits per heavy atom. The molecule has 2 aromatic carbocycles. The van der Waals surface area contributed by atoms with Crippen LogP contribution in [0.3, 0.4) is 0 Å². The molecule has 3 nitrogen and oxygen atoms in total. The Kier molecular flexibility index (Phi) is 5.61.